The van der Waals surface area contributed by atoms with Crippen LogP contribution in [0.4, 0.5) is 0 Å². The summed E-state index contributed by atoms with van der Waals surface area (Å²) in [7, 11) is 0. The summed E-state index contributed by atoms with van der Waals surface area (Å²) >= 11 is 0. The Morgan fingerprint density at radius 1 is 1.50 bits per heavy atom. The smallest absolute Gasteiger partial charge is 0.298 e. The molecular weight excluding hydrogens is 250 g/mol. The zero-order valence-corrected chi connectivity index (χ0v) is 12.4. The van der Waals surface area contributed by atoms with Gasteiger partial charge < -0.3 is 4.90 Å². The molecule has 2 rings (SSSR count). The Bertz CT molecular complexity index is 557. The first-order valence-corrected chi connectivity index (χ1v) is 7.19. The van der Waals surface area contributed by atoms with Gasteiger partial charge >= 0.3 is 0 Å². The summed E-state index contributed by atoms with van der Waals surface area (Å²) in [5.74, 6) is 6.55. The highest BCUT2D eigenvalue weighted by Gasteiger charge is 2.25. The van der Waals surface area contributed by atoms with Crippen LogP contribution in [0.5, 0.6) is 0 Å². The van der Waals surface area contributed by atoms with Gasteiger partial charge in [-0.25, -0.2) is 9.97 Å². The number of likely N-dealkylation sites (tertiary alicyclic amines) is 1. The number of carbonyl (C=O) groups is 1. The molecule has 1 atom stereocenters. The van der Waals surface area contributed by atoms with E-state index in [4.69, 9.17) is 0 Å². The molecule has 4 nitrogen and oxygen atoms in total. The molecule has 1 unspecified atom stereocenters. The van der Waals surface area contributed by atoms with Gasteiger partial charge in [0.1, 0.15) is 5.82 Å². The fourth-order valence-electron chi connectivity index (χ4n) is 2.36. The minimum absolute atomic E-state index is 0.0691. The van der Waals surface area contributed by atoms with Crippen molar-refractivity contribution in [3.63, 3.8) is 0 Å². The van der Waals surface area contributed by atoms with E-state index in [1.165, 1.54) is 0 Å². The molecule has 0 bridgehead atoms. The van der Waals surface area contributed by atoms with Crippen molar-refractivity contribution in [3.8, 4) is 11.8 Å². The molecule has 20 heavy (non-hydrogen) atoms. The lowest BCUT2D eigenvalue weighted by molar-refractivity contribution is -0.126. The first-order valence-electron chi connectivity index (χ1n) is 7.19. The quantitative estimate of drug-likeness (QED) is 0.736. The molecule has 1 amide bonds. The third-order valence-corrected chi connectivity index (χ3v) is 3.69. The Hall–Kier alpha value is -1.89. The maximum Gasteiger partial charge on any atom is 0.298 e. The van der Waals surface area contributed by atoms with Crippen molar-refractivity contribution in [1.82, 2.24) is 14.9 Å². The van der Waals surface area contributed by atoms with E-state index in [0.717, 1.165) is 36.5 Å². The highest BCUT2D eigenvalue weighted by Crippen LogP contribution is 2.24. The molecule has 0 saturated carbocycles. The second kappa shape index (κ2) is 6.51. The molecule has 1 aliphatic heterocycles. The normalized spacial score (nSPS) is 18.4. The van der Waals surface area contributed by atoms with Crippen molar-refractivity contribution in [2.24, 2.45) is 0 Å². The zero-order chi connectivity index (χ0) is 14.5. The van der Waals surface area contributed by atoms with Crippen molar-refractivity contribution in [2.75, 3.05) is 13.1 Å². The predicted octanol–water partition coefficient (Wildman–Crippen LogP) is 2.21. The SMILES string of the molecule is CCC#CC(=O)N1CCCC(c2ncc(C)c(C)n2)C1. The van der Waals surface area contributed by atoms with Crippen molar-refractivity contribution in [1.29, 1.82) is 0 Å². The number of hydrogen-bond acceptors (Lipinski definition) is 3. The third kappa shape index (κ3) is 3.36. The molecule has 0 spiro atoms. The standard InChI is InChI=1S/C16H21N3O/c1-4-5-8-15(20)19-9-6-7-14(11-19)16-17-10-12(2)13(3)18-16/h10,14H,4,6-7,9,11H2,1-3H3. The average molecular weight is 271 g/mol. The molecule has 1 aliphatic rings. The Balaban J connectivity index is 2.10. The summed E-state index contributed by atoms with van der Waals surface area (Å²) in [4.78, 5) is 22.8. The number of hydrogen-bond donors (Lipinski definition) is 0. The number of nitrogens with zero attached hydrogens (tertiary/aromatic N) is 3. The second-order valence-corrected chi connectivity index (χ2v) is 5.24. The van der Waals surface area contributed by atoms with Crippen LogP contribution in [-0.2, 0) is 4.79 Å². The lowest BCUT2D eigenvalue weighted by Crippen LogP contribution is -2.38. The molecule has 2 heterocycles. The fraction of sp³-hybridized carbons (Fsp3) is 0.562. The van der Waals surface area contributed by atoms with Crippen molar-refractivity contribution < 1.29 is 4.79 Å². The van der Waals surface area contributed by atoms with Gasteiger partial charge in [-0.15, -0.1) is 0 Å². The number of rotatable bonds is 1. The number of carbonyl (C=O) groups excluding carboxylic acids is 1. The van der Waals surface area contributed by atoms with Gasteiger partial charge in [-0.05, 0) is 38.2 Å². The summed E-state index contributed by atoms with van der Waals surface area (Å²) in [6, 6.07) is 0. The van der Waals surface area contributed by atoms with Gasteiger partial charge in [0.15, 0.2) is 0 Å². The van der Waals surface area contributed by atoms with Gasteiger partial charge in [-0.1, -0.05) is 12.8 Å². The van der Waals surface area contributed by atoms with Crippen LogP contribution in [0.2, 0.25) is 0 Å². The molecule has 1 fully saturated rings. The Morgan fingerprint density at radius 2 is 2.30 bits per heavy atom. The van der Waals surface area contributed by atoms with Gasteiger partial charge in [0.2, 0.25) is 0 Å². The maximum absolute atomic E-state index is 12.0. The number of aromatic nitrogens is 2. The lowest BCUT2D eigenvalue weighted by atomic mass is 9.97. The van der Waals surface area contributed by atoms with Crippen LogP contribution in [0.15, 0.2) is 6.20 Å². The van der Waals surface area contributed by atoms with Crippen LogP contribution in [0.1, 0.15) is 49.2 Å². The van der Waals surface area contributed by atoms with Crippen LogP contribution in [0, 0.1) is 25.7 Å². The van der Waals surface area contributed by atoms with E-state index in [9.17, 15) is 4.79 Å². The number of piperidine rings is 1. The van der Waals surface area contributed by atoms with Crippen LogP contribution in [-0.4, -0.2) is 33.9 Å². The summed E-state index contributed by atoms with van der Waals surface area (Å²) < 4.78 is 0. The Labute approximate surface area is 120 Å². The predicted molar refractivity (Wildman–Crippen MR) is 78.1 cm³/mol. The molecular formula is C16H21N3O. The first-order chi connectivity index (χ1) is 9.61. The molecule has 1 aromatic rings. The van der Waals surface area contributed by atoms with E-state index in [2.05, 4.69) is 21.8 Å². The molecule has 0 aromatic carbocycles. The molecule has 0 N–H and O–H groups in total. The summed E-state index contributed by atoms with van der Waals surface area (Å²) in [6.07, 6.45) is 4.60. The van der Waals surface area contributed by atoms with E-state index in [1.54, 1.807) is 0 Å². The Morgan fingerprint density at radius 3 is 3.00 bits per heavy atom. The van der Waals surface area contributed by atoms with Crippen LogP contribution in [0.25, 0.3) is 0 Å². The van der Waals surface area contributed by atoms with Crippen LogP contribution in [0.3, 0.4) is 0 Å². The van der Waals surface area contributed by atoms with Crippen molar-refractivity contribution >= 4 is 5.91 Å². The summed E-state index contributed by atoms with van der Waals surface area (Å²) in [6.45, 7) is 7.43. The molecule has 0 radical (unpaired) electrons. The fourth-order valence-corrected chi connectivity index (χ4v) is 2.36. The van der Waals surface area contributed by atoms with E-state index < -0.39 is 0 Å². The second-order valence-electron chi connectivity index (χ2n) is 5.24. The van der Waals surface area contributed by atoms with Gasteiger partial charge in [0, 0.05) is 37.3 Å². The van der Waals surface area contributed by atoms with E-state index in [-0.39, 0.29) is 11.8 Å². The molecule has 4 heteroatoms. The summed E-state index contributed by atoms with van der Waals surface area (Å²) in [5, 5.41) is 0. The highest BCUT2D eigenvalue weighted by molar-refractivity contribution is 5.93. The van der Waals surface area contributed by atoms with Gasteiger partial charge in [0.25, 0.3) is 5.91 Å². The van der Waals surface area contributed by atoms with E-state index in [1.807, 2.05) is 31.9 Å². The van der Waals surface area contributed by atoms with Crippen LogP contribution < -0.4 is 0 Å². The van der Waals surface area contributed by atoms with Gasteiger partial charge in [0.05, 0.1) is 0 Å². The van der Waals surface area contributed by atoms with Gasteiger partial charge in [-0.2, -0.15) is 0 Å². The topological polar surface area (TPSA) is 46.1 Å². The first kappa shape index (κ1) is 14.5. The lowest BCUT2D eigenvalue weighted by Gasteiger charge is -2.30. The zero-order valence-electron chi connectivity index (χ0n) is 12.4. The largest absolute Gasteiger partial charge is 0.331 e. The molecule has 1 aromatic heterocycles. The van der Waals surface area contributed by atoms with Crippen molar-refractivity contribution in [3.05, 3.63) is 23.3 Å². The minimum atomic E-state index is -0.0691. The molecule has 1 saturated heterocycles. The van der Waals surface area contributed by atoms with Crippen molar-refractivity contribution in [2.45, 2.75) is 46.0 Å². The van der Waals surface area contributed by atoms with E-state index in [0.29, 0.717) is 13.0 Å². The third-order valence-electron chi connectivity index (χ3n) is 3.69. The molecule has 106 valence electrons. The summed E-state index contributed by atoms with van der Waals surface area (Å²) in [5.41, 5.74) is 2.12. The average Bonchev–Trinajstić information content (AvgIpc) is 2.47. The van der Waals surface area contributed by atoms with Crippen LogP contribution >= 0.6 is 0 Å². The monoisotopic (exact) mass is 271 g/mol. The number of amides is 1. The molecule has 0 aliphatic carbocycles. The maximum atomic E-state index is 12.0. The Kier molecular flexibility index (Phi) is 4.73. The number of aryl methyl sites for hydroxylation is 2. The minimum Gasteiger partial charge on any atom is -0.331 e. The van der Waals surface area contributed by atoms with E-state index >= 15 is 0 Å². The highest BCUT2D eigenvalue weighted by atomic mass is 16.2. The van der Waals surface area contributed by atoms with Gasteiger partial charge in [-0.3, -0.25) is 4.79 Å².